The van der Waals surface area contributed by atoms with Crippen molar-refractivity contribution in [2.45, 2.75) is 43.2 Å². The lowest BCUT2D eigenvalue weighted by Crippen LogP contribution is -2.27. The molecule has 0 spiro atoms. The highest BCUT2D eigenvalue weighted by molar-refractivity contribution is 7.98. The van der Waals surface area contributed by atoms with E-state index in [4.69, 9.17) is 0 Å². The van der Waals surface area contributed by atoms with Gasteiger partial charge in [-0.3, -0.25) is 0 Å². The molecule has 0 amide bonds. The SMILES string of the molecule is CSc1ccc(C(C)NC2CCCc3ccccc32)cc1. The molecule has 2 aromatic rings. The topological polar surface area (TPSA) is 12.0 Å². The first kappa shape index (κ1) is 14.7. The summed E-state index contributed by atoms with van der Waals surface area (Å²) in [4.78, 5) is 1.33. The number of thioether (sulfide) groups is 1. The maximum Gasteiger partial charge on any atom is 0.0328 e. The minimum atomic E-state index is 0.386. The summed E-state index contributed by atoms with van der Waals surface area (Å²) in [7, 11) is 0. The van der Waals surface area contributed by atoms with Crippen molar-refractivity contribution in [3.05, 3.63) is 65.2 Å². The lowest BCUT2D eigenvalue weighted by Gasteiger charge is -2.29. The van der Waals surface area contributed by atoms with E-state index in [0.29, 0.717) is 12.1 Å². The number of rotatable bonds is 4. The molecule has 0 saturated carbocycles. The normalized spacial score (nSPS) is 19.0. The van der Waals surface area contributed by atoms with E-state index in [2.05, 4.69) is 67.0 Å². The van der Waals surface area contributed by atoms with Crippen molar-refractivity contribution in [2.75, 3.05) is 6.26 Å². The molecule has 0 heterocycles. The van der Waals surface area contributed by atoms with E-state index >= 15 is 0 Å². The van der Waals surface area contributed by atoms with Gasteiger partial charge in [0.2, 0.25) is 0 Å². The van der Waals surface area contributed by atoms with Crippen molar-refractivity contribution in [1.82, 2.24) is 5.32 Å². The molecular formula is C19H23NS. The standard InChI is InChI=1S/C19H23NS/c1-14(15-10-12-17(21-2)13-11-15)20-19-9-5-7-16-6-3-4-8-18(16)19/h3-4,6,8,10-14,19-20H,5,7,9H2,1-2H3. The van der Waals surface area contributed by atoms with Crippen LogP contribution in [-0.4, -0.2) is 6.26 Å². The highest BCUT2D eigenvalue weighted by Gasteiger charge is 2.21. The fourth-order valence-corrected chi connectivity index (χ4v) is 3.63. The third-order valence-electron chi connectivity index (χ3n) is 4.44. The molecule has 0 fully saturated rings. The van der Waals surface area contributed by atoms with Crippen LogP contribution in [0.4, 0.5) is 0 Å². The Balaban J connectivity index is 1.74. The molecule has 0 saturated heterocycles. The first-order chi connectivity index (χ1) is 10.3. The Labute approximate surface area is 132 Å². The van der Waals surface area contributed by atoms with Gasteiger partial charge in [0.1, 0.15) is 0 Å². The van der Waals surface area contributed by atoms with Gasteiger partial charge in [-0.1, -0.05) is 36.4 Å². The number of hydrogen-bond acceptors (Lipinski definition) is 2. The first-order valence-corrected chi connectivity index (χ1v) is 8.98. The molecule has 110 valence electrons. The van der Waals surface area contributed by atoms with E-state index in [0.717, 1.165) is 0 Å². The molecule has 0 bridgehead atoms. The summed E-state index contributed by atoms with van der Waals surface area (Å²) < 4.78 is 0. The predicted octanol–water partition coefficient (Wildman–Crippen LogP) is 5.14. The Morgan fingerprint density at radius 2 is 1.86 bits per heavy atom. The summed E-state index contributed by atoms with van der Waals surface area (Å²) in [6, 6.07) is 18.7. The second kappa shape index (κ2) is 6.67. The monoisotopic (exact) mass is 297 g/mol. The quantitative estimate of drug-likeness (QED) is 0.784. The summed E-state index contributed by atoms with van der Waals surface area (Å²) in [5.41, 5.74) is 4.39. The van der Waals surface area contributed by atoms with Gasteiger partial charge in [-0.25, -0.2) is 0 Å². The molecule has 1 aliphatic carbocycles. The van der Waals surface area contributed by atoms with Gasteiger partial charge in [0.25, 0.3) is 0 Å². The van der Waals surface area contributed by atoms with E-state index in [1.54, 1.807) is 11.8 Å². The molecule has 1 aliphatic rings. The maximum atomic E-state index is 3.82. The molecule has 2 atom stereocenters. The van der Waals surface area contributed by atoms with Gasteiger partial charge in [-0.2, -0.15) is 0 Å². The molecular weight excluding hydrogens is 274 g/mol. The van der Waals surface area contributed by atoms with Crippen LogP contribution in [0.1, 0.15) is 48.5 Å². The average molecular weight is 297 g/mol. The van der Waals surface area contributed by atoms with Gasteiger partial charge >= 0.3 is 0 Å². The van der Waals surface area contributed by atoms with Gasteiger partial charge < -0.3 is 5.32 Å². The molecule has 2 aromatic carbocycles. The van der Waals surface area contributed by atoms with Crippen molar-refractivity contribution in [3.63, 3.8) is 0 Å². The Hall–Kier alpha value is -1.25. The largest absolute Gasteiger partial charge is 0.303 e. The van der Waals surface area contributed by atoms with E-state index in [-0.39, 0.29) is 0 Å². The van der Waals surface area contributed by atoms with Crippen molar-refractivity contribution < 1.29 is 0 Å². The predicted molar refractivity (Wildman–Crippen MR) is 91.9 cm³/mol. The second-order valence-electron chi connectivity index (χ2n) is 5.81. The van der Waals surface area contributed by atoms with Gasteiger partial charge in [0.15, 0.2) is 0 Å². The second-order valence-corrected chi connectivity index (χ2v) is 6.68. The van der Waals surface area contributed by atoms with Crippen LogP contribution in [0.25, 0.3) is 0 Å². The minimum absolute atomic E-state index is 0.386. The van der Waals surface area contributed by atoms with Gasteiger partial charge in [-0.05, 0) is 61.3 Å². The maximum absolute atomic E-state index is 3.82. The average Bonchev–Trinajstić information content (AvgIpc) is 2.55. The van der Waals surface area contributed by atoms with Gasteiger partial charge in [0.05, 0.1) is 0 Å². The molecule has 21 heavy (non-hydrogen) atoms. The molecule has 0 aromatic heterocycles. The summed E-state index contributed by atoms with van der Waals surface area (Å²) in [5, 5.41) is 3.82. The Kier molecular flexibility index (Phi) is 4.67. The minimum Gasteiger partial charge on any atom is -0.303 e. The van der Waals surface area contributed by atoms with Crippen molar-refractivity contribution >= 4 is 11.8 Å². The van der Waals surface area contributed by atoms with E-state index in [1.807, 2.05) is 0 Å². The van der Waals surface area contributed by atoms with Crippen LogP contribution in [0, 0.1) is 0 Å². The number of aryl methyl sites for hydroxylation is 1. The smallest absolute Gasteiger partial charge is 0.0328 e. The van der Waals surface area contributed by atoms with Crippen LogP contribution in [0.15, 0.2) is 53.4 Å². The summed E-state index contributed by atoms with van der Waals surface area (Å²) >= 11 is 1.80. The summed E-state index contributed by atoms with van der Waals surface area (Å²) in [5.74, 6) is 0. The fourth-order valence-electron chi connectivity index (χ4n) is 3.22. The number of fused-ring (bicyclic) bond motifs is 1. The summed E-state index contributed by atoms with van der Waals surface area (Å²) in [6.07, 6.45) is 5.87. The Morgan fingerprint density at radius 3 is 2.62 bits per heavy atom. The zero-order chi connectivity index (χ0) is 14.7. The van der Waals surface area contributed by atoms with Gasteiger partial charge in [-0.15, -0.1) is 11.8 Å². The first-order valence-electron chi connectivity index (χ1n) is 7.75. The van der Waals surface area contributed by atoms with Crippen molar-refractivity contribution in [2.24, 2.45) is 0 Å². The molecule has 3 rings (SSSR count). The third-order valence-corrected chi connectivity index (χ3v) is 5.18. The lowest BCUT2D eigenvalue weighted by molar-refractivity contribution is 0.415. The Bertz CT molecular complexity index is 591. The zero-order valence-electron chi connectivity index (χ0n) is 12.8. The highest BCUT2D eigenvalue weighted by atomic mass is 32.2. The summed E-state index contributed by atoms with van der Waals surface area (Å²) in [6.45, 7) is 2.27. The van der Waals surface area contributed by atoms with Crippen LogP contribution in [0.2, 0.25) is 0 Å². The fraction of sp³-hybridized carbons (Fsp3) is 0.368. The molecule has 0 radical (unpaired) electrons. The van der Waals surface area contributed by atoms with Crippen LogP contribution in [0.5, 0.6) is 0 Å². The number of benzene rings is 2. The van der Waals surface area contributed by atoms with Crippen LogP contribution in [0.3, 0.4) is 0 Å². The van der Waals surface area contributed by atoms with E-state index < -0.39 is 0 Å². The molecule has 2 unspecified atom stereocenters. The van der Waals surface area contributed by atoms with Crippen LogP contribution in [-0.2, 0) is 6.42 Å². The molecule has 1 N–H and O–H groups in total. The van der Waals surface area contributed by atoms with Crippen LogP contribution < -0.4 is 5.32 Å². The molecule has 2 heteroatoms. The highest BCUT2D eigenvalue weighted by Crippen LogP contribution is 2.31. The molecule has 1 nitrogen and oxygen atoms in total. The number of nitrogens with one attached hydrogen (secondary N) is 1. The zero-order valence-corrected chi connectivity index (χ0v) is 13.6. The van der Waals surface area contributed by atoms with E-state index in [1.165, 1.54) is 40.8 Å². The lowest BCUT2D eigenvalue weighted by atomic mass is 9.87. The van der Waals surface area contributed by atoms with Crippen molar-refractivity contribution in [3.8, 4) is 0 Å². The number of hydrogen-bond donors (Lipinski definition) is 1. The van der Waals surface area contributed by atoms with Crippen LogP contribution >= 0.6 is 11.8 Å². The third kappa shape index (κ3) is 3.33. The van der Waals surface area contributed by atoms with Crippen molar-refractivity contribution in [1.29, 1.82) is 0 Å². The van der Waals surface area contributed by atoms with E-state index in [9.17, 15) is 0 Å². The Morgan fingerprint density at radius 1 is 1.10 bits per heavy atom. The van der Waals surface area contributed by atoms with Gasteiger partial charge in [0, 0.05) is 17.0 Å². The molecule has 0 aliphatic heterocycles.